The molecule has 0 saturated heterocycles. The summed E-state index contributed by atoms with van der Waals surface area (Å²) >= 11 is 0. The molecule has 6 nitrogen and oxygen atoms in total. The van der Waals surface area contributed by atoms with Crippen LogP contribution >= 0.6 is 0 Å². The Labute approximate surface area is 519 Å². The summed E-state index contributed by atoms with van der Waals surface area (Å²) in [7, 11) is 0. The van der Waals surface area contributed by atoms with Gasteiger partial charge < -0.3 is 0 Å². The van der Waals surface area contributed by atoms with Gasteiger partial charge in [0.25, 0.3) is 0 Å². The van der Waals surface area contributed by atoms with Crippen LogP contribution in [-0.2, 0) is 0 Å². The van der Waals surface area contributed by atoms with Gasteiger partial charge in [0.05, 0.1) is 34.0 Å². The van der Waals surface area contributed by atoms with Crippen molar-refractivity contribution in [3.63, 3.8) is 0 Å². The second kappa shape index (κ2) is 20.8. The molecule has 2 aliphatic rings. The average Bonchev–Trinajstić information content (AvgIpc) is 1.47. The van der Waals surface area contributed by atoms with E-state index in [0.29, 0.717) is 17.5 Å². The van der Waals surface area contributed by atoms with Crippen LogP contribution in [-0.4, -0.2) is 29.9 Å². The van der Waals surface area contributed by atoms with Crippen molar-refractivity contribution in [2.24, 2.45) is 0 Å². The van der Waals surface area contributed by atoms with E-state index in [2.05, 4.69) is 255 Å². The zero-order valence-electron chi connectivity index (χ0n) is 48.6. The van der Waals surface area contributed by atoms with Gasteiger partial charge in [0.1, 0.15) is 0 Å². The molecular weight excluding hydrogens is 1090 g/mol. The molecule has 0 spiro atoms. The molecule has 16 aromatic rings. The molecule has 0 N–H and O–H groups in total. The topological polar surface area (TPSA) is 77.3 Å². The summed E-state index contributed by atoms with van der Waals surface area (Å²) < 4.78 is 0. The molecule has 0 unspecified atom stereocenters. The van der Waals surface area contributed by atoms with Crippen LogP contribution in [0.1, 0.15) is 0 Å². The Balaban J connectivity index is 0.865. The summed E-state index contributed by atoms with van der Waals surface area (Å²) in [4.78, 5) is 32.3. The maximum Gasteiger partial charge on any atom is 0.160 e. The molecular formula is C84H50N6. The fourth-order valence-corrected chi connectivity index (χ4v) is 13.8. The van der Waals surface area contributed by atoms with Crippen molar-refractivity contribution < 1.29 is 0 Å². The molecule has 0 saturated carbocycles. The number of hydrogen-bond acceptors (Lipinski definition) is 6. The van der Waals surface area contributed by atoms with E-state index in [9.17, 15) is 0 Å². The third kappa shape index (κ3) is 8.49. The first kappa shape index (κ1) is 51.1. The average molecular weight is 1140 g/mol. The maximum atomic E-state index is 5.77. The number of fused-ring (bicyclic) bond motifs is 7. The molecule has 6 heteroatoms. The van der Waals surface area contributed by atoms with E-state index in [0.717, 1.165) is 106 Å². The van der Waals surface area contributed by atoms with Crippen molar-refractivity contribution in [2.45, 2.75) is 0 Å². The van der Waals surface area contributed by atoms with E-state index in [1.807, 2.05) is 48.5 Å². The van der Waals surface area contributed by atoms with Gasteiger partial charge in [-0.15, -0.1) is 0 Å². The molecule has 0 aliphatic heterocycles. The van der Waals surface area contributed by atoms with E-state index in [-0.39, 0.29) is 0 Å². The van der Waals surface area contributed by atoms with Crippen molar-refractivity contribution in [3.05, 3.63) is 303 Å². The molecule has 2 aliphatic carbocycles. The predicted molar refractivity (Wildman–Crippen MR) is 369 cm³/mol. The highest BCUT2D eigenvalue weighted by Crippen LogP contribution is 2.53. The zero-order chi connectivity index (χ0) is 59.2. The quantitative estimate of drug-likeness (QED) is 0.136. The van der Waals surface area contributed by atoms with Crippen LogP contribution in [0.4, 0.5) is 0 Å². The lowest BCUT2D eigenvalue weighted by Gasteiger charge is -2.18. The van der Waals surface area contributed by atoms with Crippen LogP contribution in [0.5, 0.6) is 0 Å². The lowest BCUT2D eigenvalue weighted by molar-refractivity contribution is 1.18. The second-order valence-electron chi connectivity index (χ2n) is 23.2. The minimum Gasteiger partial charge on any atom is -0.228 e. The van der Waals surface area contributed by atoms with E-state index in [4.69, 9.17) is 29.9 Å². The molecule has 0 bridgehead atoms. The van der Waals surface area contributed by atoms with Crippen molar-refractivity contribution in [1.29, 1.82) is 0 Å². The van der Waals surface area contributed by atoms with E-state index < -0.39 is 0 Å². The van der Waals surface area contributed by atoms with Crippen molar-refractivity contribution in [1.82, 2.24) is 29.9 Å². The Bertz CT molecular complexity index is 5380. The molecule has 13 aromatic carbocycles. The number of nitrogens with zero attached hydrogens (tertiary/aromatic N) is 6. The monoisotopic (exact) mass is 1140 g/mol. The Hall–Kier alpha value is -12.1. The molecule has 0 atom stereocenters. The summed E-state index contributed by atoms with van der Waals surface area (Å²) in [6, 6.07) is 108. The first-order valence-electron chi connectivity index (χ1n) is 30.5. The fourth-order valence-electron chi connectivity index (χ4n) is 13.8. The maximum absolute atomic E-state index is 5.77. The lowest BCUT2D eigenvalue weighted by Crippen LogP contribution is -1.99. The highest BCUT2D eigenvalue weighted by atomic mass is 14.9. The number of benzene rings is 13. The summed E-state index contributed by atoms with van der Waals surface area (Å²) in [6.07, 6.45) is 0. The van der Waals surface area contributed by atoms with Gasteiger partial charge in [0, 0.05) is 55.5 Å². The predicted octanol–water partition coefficient (Wildman–Crippen LogP) is 21.5. The van der Waals surface area contributed by atoms with Gasteiger partial charge in [0.15, 0.2) is 17.5 Å². The minimum absolute atomic E-state index is 0.596. The molecule has 90 heavy (non-hydrogen) atoms. The molecule has 18 rings (SSSR count). The zero-order valence-corrected chi connectivity index (χ0v) is 48.6. The van der Waals surface area contributed by atoms with Gasteiger partial charge in [-0.2, -0.15) is 0 Å². The molecule has 3 aromatic heterocycles. The summed E-state index contributed by atoms with van der Waals surface area (Å²) in [6.45, 7) is 0. The highest BCUT2D eigenvalue weighted by molar-refractivity contribution is 6.22. The van der Waals surface area contributed by atoms with E-state index >= 15 is 0 Å². The van der Waals surface area contributed by atoms with E-state index in [1.54, 1.807) is 0 Å². The molecule has 416 valence electrons. The van der Waals surface area contributed by atoms with Gasteiger partial charge in [-0.1, -0.05) is 279 Å². The van der Waals surface area contributed by atoms with Crippen LogP contribution in [0.25, 0.3) is 190 Å². The van der Waals surface area contributed by atoms with Crippen LogP contribution in [0.15, 0.2) is 303 Å². The summed E-state index contributed by atoms with van der Waals surface area (Å²) in [5, 5.41) is 5.83. The number of rotatable bonds is 10. The largest absolute Gasteiger partial charge is 0.228 e. The normalized spacial score (nSPS) is 11.8. The SMILES string of the molecule is c1ccc(-c2cc(-c3ccccc3)nc(-c3ccc(-c4nc(-c5ccc(-c6nc(-c7ccccc7)cc(-c7ccccc7)n6)cc5)c5cc(-c6ccc7c8c(cccc68)-c6ccccc6-7)cc(-c6ccc7c8c(cccc68)-c6ccccc6-7)c5n4)cc3)n2)cc1. The molecule has 0 radical (unpaired) electrons. The molecule has 0 amide bonds. The standard InChI is InChI=1S/C84H50N6/c1-5-19-51(20-6-1)74-49-75(52-21-7-2-8-22-52)86-82(85-74)56-37-35-55(36-38-56)80-73-48-59(60-43-45-70-63-29-15-13-27-61(63)67-32-17-31-66(60)78(67)70)47-72(65-44-46-71-64-30-16-14-28-62(64)68-33-18-34-69(65)79(68)71)81(73)90-84(89-80)58-41-39-57(40-42-58)83-87-76(53-23-9-3-10-24-53)50-77(88-83)54-25-11-4-12-26-54/h1-50H. The summed E-state index contributed by atoms with van der Waals surface area (Å²) in [5.41, 5.74) is 27.1. The Morgan fingerprint density at radius 3 is 0.922 bits per heavy atom. The Morgan fingerprint density at radius 2 is 0.500 bits per heavy atom. The van der Waals surface area contributed by atoms with Gasteiger partial charge in [-0.25, -0.2) is 29.9 Å². The van der Waals surface area contributed by atoms with E-state index in [1.165, 1.54) is 66.1 Å². The van der Waals surface area contributed by atoms with Crippen molar-refractivity contribution >= 4 is 32.4 Å². The Morgan fingerprint density at radius 1 is 0.167 bits per heavy atom. The minimum atomic E-state index is 0.596. The first-order chi connectivity index (χ1) is 44.6. The molecule has 0 fully saturated rings. The lowest BCUT2D eigenvalue weighted by atomic mass is 9.88. The third-order valence-electron chi connectivity index (χ3n) is 18.0. The van der Waals surface area contributed by atoms with Gasteiger partial charge in [0.2, 0.25) is 0 Å². The third-order valence-corrected chi connectivity index (χ3v) is 18.0. The van der Waals surface area contributed by atoms with Gasteiger partial charge >= 0.3 is 0 Å². The fraction of sp³-hybridized carbons (Fsp3) is 0. The van der Waals surface area contributed by atoms with Crippen molar-refractivity contribution in [2.75, 3.05) is 0 Å². The van der Waals surface area contributed by atoms with Crippen LogP contribution in [0, 0.1) is 0 Å². The van der Waals surface area contributed by atoms with Crippen LogP contribution in [0.3, 0.4) is 0 Å². The second-order valence-corrected chi connectivity index (χ2v) is 23.2. The number of aromatic nitrogens is 6. The van der Waals surface area contributed by atoms with Crippen LogP contribution in [0.2, 0.25) is 0 Å². The highest BCUT2D eigenvalue weighted by Gasteiger charge is 2.27. The number of hydrogen-bond donors (Lipinski definition) is 0. The van der Waals surface area contributed by atoms with Gasteiger partial charge in [-0.05, 0) is 107 Å². The smallest absolute Gasteiger partial charge is 0.160 e. The Kier molecular flexibility index (Phi) is 11.8. The van der Waals surface area contributed by atoms with Crippen molar-refractivity contribution in [3.8, 4) is 157 Å². The van der Waals surface area contributed by atoms with Gasteiger partial charge in [-0.3, -0.25) is 0 Å². The summed E-state index contributed by atoms with van der Waals surface area (Å²) in [5.74, 6) is 1.86. The van der Waals surface area contributed by atoms with Crippen LogP contribution < -0.4 is 0 Å². The molecule has 3 heterocycles. The first-order valence-corrected chi connectivity index (χ1v) is 30.5.